The molecule has 0 aliphatic carbocycles. The van der Waals surface area contributed by atoms with Crippen LogP contribution < -0.4 is 0 Å². The highest BCUT2D eigenvalue weighted by Crippen LogP contribution is 2.71. The van der Waals surface area contributed by atoms with E-state index in [2.05, 4.69) is 111 Å². The second-order valence-corrected chi connectivity index (χ2v) is 17.3. The minimum atomic E-state index is 0.242. The Balaban J connectivity index is 8.14. The molecule has 236 valence electrons. The molecule has 0 saturated heterocycles. The molecule has 0 rings (SSSR count). The first kappa shape index (κ1) is 39.0. The van der Waals surface area contributed by atoms with Crippen molar-refractivity contribution in [2.75, 3.05) is 0 Å². The topological polar surface area (TPSA) is 0 Å². The monoisotopic (exact) mass is 549 g/mol. The first-order chi connectivity index (χ1) is 17.9. The van der Waals surface area contributed by atoms with Gasteiger partial charge in [0.2, 0.25) is 0 Å². The molecule has 0 heteroatoms. The van der Waals surface area contributed by atoms with Crippen molar-refractivity contribution in [3.8, 4) is 0 Å². The summed E-state index contributed by atoms with van der Waals surface area (Å²) in [5.74, 6) is 4.50. The van der Waals surface area contributed by atoms with E-state index in [0.717, 1.165) is 29.6 Å². The zero-order chi connectivity index (χ0) is 30.7. The van der Waals surface area contributed by atoms with E-state index in [0.29, 0.717) is 22.2 Å². The molecule has 0 aromatic rings. The van der Waals surface area contributed by atoms with Crippen LogP contribution in [0.1, 0.15) is 194 Å². The number of hydrogen-bond acceptors (Lipinski definition) is 0. The van der Waals surface area contributed by atoms with E-state index in [1.807, 2.05) is 0 Å². The van der Waals surface area contributed by atoms with Crippen LogP contribution in [0, 0.1) is 57.2 Å². The summed E-state index contributed by atoms with van der Waals surface area (Å²) in [5, 5.41) is 0. The van der Waals surface area contributed by atoms with E-state index in [-0.39, 0.29) is 5.41 Å². The van der Waals surface area contributed by atoms with Crippen molar-refractivity contribution in [1.82, 2.24) is 0 Å². The molecule has 39 heavy (non-hydrogen) atoms. The Labute approximate surface area is 251 Å². The van der Waals surface area contributed by atoms with Crippen LogP contribution in [0.25, 0.3) is 0 Å². The maximum Gasteiger partial charge on any atom is -0.0131 e. The van der Waals surface area contributed by atoms with Gasteiger partial charge in [0.05, 0.1) is 0 Å². The number of unbranched alkanes of at least 4 members (excludes halogenated alkanes) is 3. The molecule has 0 radical (unpaired) electrons. The van der Waals surface area contributed by atoms with Crippen LogP contribution in [0.2, 0.25) is 0 Å². The lowest BCUT2D eigenvalue weighted by Crippen LogP contribution is -2.62. The summed E-state index contributed by atoms with van der Waals surface area (Å²) in [4.78, 5) is 0. The molecule has 0 aromatic carbocycles. The Morgan fingerprint density at radius 1 is 0.590 bits per heavy atom. The fraction of sp³-hybridized carbons (Fsp3) is 1.00. The first-order valence-electron chi connectivity index (χ1n) is 17.9. The predicted octanol–water partition coefficient (Wildman–Crippen LogP) is 14.0. The van der Waals surface area contributed by atoms with Gasteiger partial charge < -0.3 is 0 Å². The van der Waals surface area contributed by atoms with Gasteiger partial charge in [0.15, 0.2) is 0 Å². The smallest absolute Gasteiger partial charge is 0.0131 e. The van der Waals surface area contributed by atoms with Crippen LogP contribution in [0.5, 0.6) is 0 Å². The van der Waals surface area contributed by atoms with E-state index in [1.54, 1.807) is 0 Å². The van der Waals surface area contributed by atoms with Gasteiger partial charge in [-0.2, -0.15) is 0 Å². The predicted molar refractivity (Wildman–Crippen MR) is 181 cm³/mol. The molecule has 0 aliphatic rings. The lowest BCUT2D eigenvalue weighted by atomic mass is 9.36. The van der Waals surface area contributed by atoms with Crippen molar-refractivity contribution in [1.29, 1.82) is 0 Å². The second-order valence-electron chi connectivity index (χ2n) is 17.3. The summed E-state index contributed by atoms with van der Waals surface area (Å²) in [7, 11) is 0. The third-order valence-electron chi connectivity index (χ3n) is 10.9. The second kappa shape index (κ2) is 17.2. The highest BCUT2D eigenvalue weighted by Gasteiger charge is 2.64. The minimum absolute atomic E-state index is 0.242. The Bertz CT molecular complexity index is 613. The van der Waals surface area contributed by atoms with Crippen LogP contribution in [-0.4, -0.2) is 0 Å². The standard InChI is InChI=1S/C39H80/c1-17-21-23-26-38(27-25-30(5)6,28-32(9)19-3)39(37(14,15)16,35(31(7)8)33(10)20-4)34(24-22-18-2)29-36(11,12)13/h30-35H,17-29H2,1-16H3. The molecule has 0 saturated carbocycles. The van der Waals surface area contributed by atoms with Gasteiger partial charge in [-0.15, -0.1) is 0 Å². The molecular formula is C39H80. The molecule has 0 nitrogen and oxygen atoms in total. The van der Waals surface area contributed by atoms with E-state index >= 15 is 0 Å². The molecular weight excluding hydrogens is 468 g/mol. The first-order valence-corrected chi connectivity index (χ1v) is 17.9. The lowest BCUT2D eigenvalue weighted by molar-refractivity contribution is -0.206. The Hall–Kier alpha value is 0. The largest absolute Gasteiger partial charge is 0.0654 e. The van der Waals surface area contributed by atoms with E-state index in [1.165, 1.54) is 83.5 Å². The highest BCUT2D eigenvalue weighted by molar-refractivity contribution is 5.12. The maximum absolute atomic E-state index is 2.70. The maximum atomic E-state index is 2.70. The summed E-state index contributed by atoms with van der Waals surface area (Å²) in [6, 6.07) is 0. The van der Waals surface area contributed by atoms with E-state index < -0.39 is 0 Å². The number of hydrogen-bond donors (Lipinski definition) is 0. The summed E-state index contributed by atoms with van der Waals surface area (Å²) < 4.78 is 0. The molecule has 0 fully saturated rings. The lowest BCUT2D eigenvalue weighted by Gasteiger charge is -2.69. The third kappa shape index (κ3) is 10.7. The Kier molecular flexibility index (Phi) is 17.2. The number of rotatable bonds is 20. The fourth-order valence-corrected chi connectivity index (χ4v) is 9.53. The summed E-state index contributed by atoms with van der Waals surface area (Å²) in [5.41, 5.74) is 1.27. The van der Waals surface area contributed by atoms with Gasteiger partial charge in [-0.05, 0) is 89.3 Å². The molecule has 0 N–H and O–H groups in total. The molecule has 6 atom stereocenters. The van der Waals surface area contributed by atoms with Crippen LogP contribution in [0.15, 0.2) is 0 Å². The molecule has 6 unspecified atom stereocenters. The van der Waals surface area contributed by atoms with Crippen molar-refractivity contribution in [2.24, 2.45) is 57.2 Å². The van der Waals surface area contributed by atoms with Crippen LogP contribution in [-0.2, 0) is 0 Å². The van der Waals surface area contributed by atoms with E-state index in [9.17, 15) is 0 Å². The van der Waals surface area contributed by atoms with Gasteiger partial charge in [0, 0.05) is 0 Å². The molecule has 0 amide bonds. The minimum Gasteiger partial charge on any atom is -0.0654 e. The zero-order valence-electron chi connectivity index (χ0n) is 30.7. The van der Waals surface area contributed by atoms with Gasteiger partial charge in [-0.1, -0.05) is 162 Å². The van der Waals surface area contributed by atoms with Gasteiger partial charge in [-0.3, -0.25) is 0 Å². The molecule has 0 heterocycles. The molecule has 0 aromatic heterocycles. The van der Waals surface area contributed by atoms with Crippen LogP contribution >= 0.6 is 0 Å². The average Bonchev–Trinajstić information content (AvgIpc) is 2.81. The highest BCUT2D eigenvalue weighted by atomic mass is 14.7. The quantitative estimate of drug-likeness (QED) is 0.133. The van der Waals surface area contributed by atoms with Crippen LogP contribution in [0.4, 0.5) is 0 Å². The SMILES string of the molecule is CCCCCC(CCC(C)C)(CC(C)CC)C(C(CCCC)CC(C)(C)C)(C(C(C)C)C(C)CC)C(C)(C)C. The molecule has 0 spiro atoms. The average molecular weight is 549 g/mol. The van der Waals surface area contributed by atoms with Gasteiger partial charge >= 0.3 is 0 Å². The molecule has 0 bridgehead atoms. The fourth-order valence-electron chi connectivity index (χ4n) is 9.53. The van der Waals surface area contributed by atoms with Crippen molar-refractivity contribution in [3.05, 3.63) is 0 Å². The van der Waals surface area contributed by atoms with Crippen molar-refractivity contribution in [2.45, 2.75) is 194 Å². The van der Waals surface area contributed by atoms with Gasteiger partial charge in [0.25, 0.3) is 0 Å². The Morgan fingerprint density at radius 3 is 1.54 bits per heavy atom. The van der Waals surface area contributed by atoms with Crippen LogP contribution in [0.3, 0.4) is 0 Å². The van der Waals surface area contributed by atoms with Crippen molar-refractivity contribution < 1.29 is 0 Å². The Morgan fingerprint density at radius 2 is 1.15 bits per heavy atom. The van der Waals surface area contributed by atoms with Gasteiger partial charge in [0.1, 0.15) is 0 Å². The van der Waals surface area contributed by atoms with Crippen molar-refractivity contribution >= 4 is 0 Å². The zero-order valence-corrected chi connectivity index (χ0v) is 30.7. The summed E-state index contributed by atoms with van der Waals surface area (Å²) >= 11 is 0. The summed E-state index contributed by atoms with van der Waals surface area (Å²) in [6.45, 7) is 40.9. The normalized spacial score (nSPS) is 19.5. The molecule has 0 aliphatic heterocycles. The van der Waals surface area contributed by atoms with Gasteiger partial charge in [-0.25, -0.2) is 0 Å². The third-order valence-corrected chi connectivity index (χ3v) is 10.9. The van der Waals surface area contributed by atoms with E-state index in [4.69, 9.17) is 0 Å². The summed E-state index contributed by atoms with van der Waals surface area (Å²) in [6.07, 6.45) is 17.8. The van der Waals surface area contributed by atoms with Crippen molar-refractivity contribution in [3.63, 3.8) is 0 Å².